The molecular weight excluding hydrogens is 483 g/mol. The number of halogens is 3. The van der Waals surface area contributed by atoms with Gasteiger partial charge in [-0.05, 0) is 43.1 Å². The average molecular weight is 512 g/mol. The molecule has 11 heteroatoms. The molecule has 0 amide bonds. The van der Waals surface area contributed by atoms with Gasteiger partial charge in [0.1, 0.15) is 18.0 Å². The maximum absolute atomic E-state index is 14.7. The van der Waals surface area contributed by atoms with Crippen LogP contribution in [0.2, 0.25) is 0 Å². The van der Waals surface area contributed by atoms with Crippen LogP contribution < -0.4 is 15.0 Å². The highest BCUT2D eigenvalue weighted by Gasteiger charge is 2.70. The Balaban J connectivity index is 1.14. The predicted octanol–water partition coefficient (Wildman–Crippen LogP) is 4.14. The third-order valence-corrected chi connectivity index (χ3v) is 9.19. The average Bonchev–Trinajstić information content (AvgIpc) is 3.43. The van der Waals surface area contributed by atoms with E-state index in [-0.39, 0.29) is 17.0 Å². The third kappa shape index (κ3) is 3.35. The van der Waals surface area contributed by atoms with Gasteiger partial charge >= 0.3 is 0 Å². The Labute approximate surface area is 212 Å². The van der Waals surface area contributed by atoms with Gasteiger partial charge in [0.2, 0.25) is 11.8 Å². The number of rotatable bonds is 5. The van der Waals surface area contributed by atoms with Crippen molar-refractivity contribution in [3.63, 3.8) is 0 Å². The molecule has 0 radical (unpaired) electrons. The molecule has 37 heavy (non-hydrogen) atoms. The number of aryl methyl sites for hydroxylation is 1. The molecule has 7 rings (SSSR count). The second-order valence-corrected chi connectivity index (χ2v) is 10.8. The fourth-order valence-electron chi connectivity index (χ4n) is 7.29. The molecule has 2 saturated carbocycles. The van der Waals surface area contributed by atoms with Gasteiger partial charge in [0, 0.05) is 49.1 Å². The monoisotopic (exact) mass is 511 g/mol. The number of benzene rings is 1. The quantitative estimate of drug-likeness (QED) is 0.516. The molecule has 1 aromatic carbocycles. The zero-order chi connectivity index (χ0) is 25.3. The largest absolute Gasteiger partial charge is 0.481 e. The van der Waals surface area contributed by atoms with Gasteiger partial charge < -0.3 is 15.0 Å². The lowest BCUT2D eigenvalue weighted by Crippen LogP contribution is -2.68. The first kappa shape index (κ1) is 22.8. The van der Waals surface area contributed by atoms with Crippen LogP contribution in [0.25, 0.3) is 0 Å². The molecule has 5 atom stereocenters. The van der Waals surface area contributed by atoms with Crippen LogP contribution in [0.1, 0.15) is 49.4 Å². The van der Waals surface area contributed by atoms with E-state index < -0.39 is 23.4 Å². The number of anilines is 2. The molecule has 4 aliphatic rings. The lowest BCUT2D eigenvalue weighted by atomic mass is 9.41. The summed E-state index contributed by atoms with van der Waals surface area (Å²) in [5, 5.41) is 8.33. The van der Waals surface area contributed by atoms with Crippen molar-refractivity contribution >= 4 is 11.8 Å². The molecule has 2 aliphatic carbocycles. The molecular formula is C26H28F3N7O. The van der Waals surface area contributed by atoms with Crippen LogP contribution in [-0.2, 0) is 6.54 Å². The second-order valence-electron chi connectivity index (χ2n) is 10.8. The van der Waals surface area contributed by atoms with Crippen molar-refractivity contribution in [2.24, 2.45) is 17.3 Å². The molecule has 2 aliphatic heterocycles. The zero-order valence-corrected chi connectivity index (χ0v) is 20.5. The summed E-state index contributed by atoms with van der Waals surface area (Å²) >= 11 is 0. The van der Waals surface area contributed by atoms with Crippen molar-refractivity contribution in [1.29, 1.82) is 0 Å². The minimum absolute atomic E-state index is 0.134. The first-order valence-electron chi connectivity index (χ1n) is 12.9. The van der Waals surface area contributed by atoms with Gasteiger partial charge in [-0.2, -0.15) is 4.98 Å². The van der Waals surface area contributed by atoms with Gasteiger partial charge in [-0.15, -0.1) is 5.10 Å². The van der Waals surface area contributed by atoms with Crippen LogP contribution in [0.5, 0.6) is 5.88 Å². The van der Waals surface area contributed by atoms with Crippen molar-refractivity contribution in [3.8, 4) is 5.88 Å². The van der Waals surface area contributed by atoms with Crippen LogP contribution in [0, 0.1) is 34.7 Å². The van der Waals surface area contributed by atoms with Gasteiger partial charge in [0.15, 0.2) is 17.5 Å². The van der Waals surface area contributed by atoms with Crippen molar-refractivity contribution in [3.05, 3.63) is 53.4 Å². The summed E-state index contributed by atoms with van der Waals surface area (Å²) in [6, 6.07) is 4.44. The molecule has 2 aromatic heterocycles. The highest BCUT2D eigenvalue weighted by molar-refractivity contribution is 5.47. The van der Waals surface area contributed by atoms with Crippen LogP contribution in [0.3, 0.4) is 0 Å². The SMILES string of the molecule is COc1cc(N2C[C@H]3[C@H](Nc4nc5n(n4)CCCCC5c4ccc(F)c(F)c4F)C4CCC43C2)ncn1. The molecule has 8 nitrogen and oxygen atoms in total. The number of aromatic nitrogens is 5. The first-order valence-corrected chi connectivity index (χ1v) is 12.9. The summed E-state index contributed by atoms with van der Waals surface area (Å²) in [6.45, 7) is 2.51. The van der Waals surface area contributed by atoms with E-state index in [2.05, 4.69) is 20.2 Å². The molecule has 1 spiro atoms. The molecule has 3 fully saturated rings. The highest BCUT2D eigenvalue weighted by Crippen LogP contribution is 2.68. The van der Waals surface area contributed by atoms with E-state index in [9.17, 15) is 13.2 Å². The number of nitrogens with one attached hydrogen (secondary N) is 1. The molecule has 4 heterocycles. The third-order valence-electron chi connectivity index (χ3n) is 9.19. The Morgan fingerprint density at radius 1 is 1.08 bits per heavy atom. The van der Waals surface area contributed by atoms with E-state index in [1.165, 1.54) is 18.8 Å². The maximum atomic E-state index is 14.7. The van der Waals surface area contributed by atoms with Gasteiger partial charge in [0.25, 0.3) is 0 Å². The number of ether oxygens (including phenoxy) is 1. The smallest absolute Gasteiger partial charge is 0.242 e. The lowest BCUT2D eigenvalue weighted by Gasteiger charge is -2.65. The van der Waals surface area contributed by atoms with E-state index in [1.807, 2.05) is 10.7 Å². The molecule has 3 unspecified atom stereocenters. The first-order chi connectivity index (χ1) is 18.0. The van der Waals surface area contributed by atoms with Gasteiger partial charge in [-0.3, -0.25) is 0 Å². The molecule has 0 bridgehead atoms. The van der Waals surface area contributed by atoms with E-state index in [0.717, 1.165) is 44.2 Å². The Morgan fingerprint density at radius 2 is 1.97 bits per heavy atom. The normalized spacial score (nSPS) is 29.9. The van der Waals surface area contributed by atoms with Crippen LogP contribution in [0.4, 0.5) is 24.9 Å². The Morgan fingerprint density at radius 3 is 2.78 bits per heavy atom. The van der Waals surface area contributed by atoms with Gasteiger partial charge in [-0.25, -0.2) is 27.8 Å². The van der Waals surface area contributed by atoms with Gasteiger partial charge in [0.05, 0.1) is 7.11 Å². The minimum atomic E-state index is -1.44. The van der Waals surface area contributed by atoms with E-state index >= 15 is 0 Å². The Hall–Kier alpha value is -3.37. The summed E-state index contributed by atoms with van der Waals surface area (Å²) in [4.78, 5) is 15.7. The number of nitrogens with zero attached hydrogens (tertiary/aromatic N) is 6. The number of methoxy groups -OCH3 is 1. The summed E-state index contributed by atoms with van der Waals surface area (Å²) in [5.74, 6) is -0.693. The topological polar surface area (TPSA) is 81.0 Å². The van der Waals surface area contributed by atoms with Crippen molar-refractivity contribution in [2.45, 2.75) is 50.6 Å². The van der Waals surface area contributed by atoms with Crippen molar-refractivity contribution in [1.82, 2.24) is 24.7 Å². The summed E-state index contributed by atoms with van der Waals surface area (Å²) in [7, 11) is 1.60. The Bertz CT molecular complexity index is 1370. The van der Waals surface area contributed by atoms with Crippen molar-refractivity contribution < 1.29 is 17.9 Å². The fraction of sp³-hybridized carbons (Fsp3) is 0.538. The maximum Gasteiger partial charge on any atom is 0.242 e. The number of hydrogen-bond acceptors (Lipinski definition) is 7. The van der Waals surface area contributed by atoms with Crippen LogP contribution in [0.15, 0.2) is 24.5 Å². The predicted molar refractivity (Wildman–Crippen MR) is 129 cm³/mol. The summed E-state index contributed by atoms with van der Waals surface area (Å²) in [6.07, 6.45) is 6.20. The Kier molecular flexibility index (Phi) is 5.13. The summed E-state index contributed by atoms with van der Waals surface area (Å²) in [5.41, 5.74) is 0.415. The number of fused-ring (bicyclic) bond motifs is 1. The molecule has 1 saturated heterocycles. The van der Waals surface area contributed by atoms with E-state index in [4.69, 9.17) is 14.8 Å². The number of hydrogen-bond donors (Lipinski definition) is 1. The van der Waals surface area contributed by atoms with Gasteiger partial charge in [-0.1, -0.05) is 12.5 Å². The van der Waals surface area contributed by atoms with E-state index in [1.54, 1.807) is 7.11 Å². The zero-order valence-electron chi connectivity index (χ0n) is 20.5. The standard InChI is InChI=1S/C26H28F3N7O/c1-37-20-10-19(30-13-31-20)35-11-17-23(16-7-8-26(16,17)12-35)32-25-33-24-15(4-2-3-9-36(24)34-25)14-5-6-18(27)22(29)21(14)28/h5-6,10,13,15-17,23H,2-4,7-9,11-12H2,1H3,(H,32,34)/t15?,16?,17-,23+,26?/m0/s1. The van der Waals surface area contributed by atoms with Crippen molar-refractivity contribution in [2.75, 3.05) is 30.4 Å². The summed E-state index contributed by atoms with van der Waals surface area (Å²) < 4.78 is 49.4. The molecule has 3 aromatic rings. The molecule has 1 N–H and O–H groups in total. The second kappa shape index (κ2) is 8.32. The van der Waals surface area contributed by atoms with Crippen LogP contribution in [-0.4, -0.2) is 51.0 Å². The molecule has 194 valence electrons. The van der Waals surface area contributed by atoms with E-state index in [0.29, 0.717) is 42.5 Å². The highest BCUT2D eigenvalue weighted by atomic mass is 19.2. The minimum Gasteiger partial charge on any atom is -0.481 e. The van der Waals surface area contributed by atoms with Crippen LogP contribution >= 0.6 is 0 Å². The lowest BCUT2D eigenvalue weighted by molar-refractivity contribution is -0.117. The fourth-order valence-corrected chi connectivity index (χ4v) is 7.29.